The molecule has 1 heterocycles. The summed E-state index contributed by atoms with van der Waals surface area (Å²) < 4.78 is 0. The number of aromatic nitrogens is 1. The monoisotopic (exact) mass is 238 g/mol. The van der Waals surface area contributed by atoms with Crippen LogP contribution < -0.4 is 5.32 Å². The van der Waals surface area contributed by atoms with Crippen LogP contribution in [0.4, 0.5) is 5.69 Å². The molecule has 2 heteroatoms. The lowest BCUT2D eigenvalue weighted by atomic mass is 9.92. The smallest absolute Gasteiger partial charge is 0.0688 e. The van der Waals surface area contributed by atoms with Gasteiger partial charge in [-0.25, -0.2) is 0 Å². The van der Waals surface area contributed by atoms with Gasteiger partial charge in [0.15, 0.2) is 0 Å². The summed E-state index contributed by atoms with van der Waals surface area (Å²) in [4.78, 5) is 4.55. The minimum Gasteiger partial charge on any atom is -0.377 e. The van der Waals surface area contributed by atoms with Crippen LogP contribution in [-0.4, -0.2) is 4.98 Å². The van der Waals surface area contributed by atoms with Crippen molar-refractivity contribution in [1.82, 2.24) is 4.98 Å². The molecule has 2 aromatic rings. The van der Waals surface area contributed by atoms with Crippen LogP contribution in [0.3, 0.4) is 0 Å². The second-order valence-electron chi connectivity index (χ2n) is 5.00. The fraction of sp³-hybridized carbons (Fsp3) is 0.312. The molecular weight excluding hydrogens is 220 g/mol. The minimum absolute atomic E-state index is 0.359. The van der Waals surface area contributed by atoms with Crippen molar-refractivity contribution in [2.24, 2.45) is 0 Å². The average molecular weight is 238 g/mol. The molecule has 0 fully saturated rings. The molecule has 0 aliphatic heterocycles. The van der Waals surface area contributed by atoms with Crippen molar-refractivity contribution >= 4 is 5.69 Å². The van der Waals surface area contributed by atoms with Crippen molar-refractivity contribution < 1.29 is 0 Å². The van der Waals surface area contributed by atoms with Crippen molar-refractivity contribution in [3.8, 4) is 0 Å². The fourth-order valence-electron chi connectivity index (χ4n) is 2.60. The van der Waals surface area contributed by atoms with Crippen LogP contribution in [0.1, 0.15) is 35.7 Å². The van der Waals surface area contributed by atoms with E-state index in [9.17, 15) is 0 Å². The van der Waals surface area contributed by atoms with Gasteiger partial charge >= 0.3 is 0 Å². The van der Waals surface area contributed by atoms with Crippen LogP contribution in [0.15, 0.2) is 42.6 Å². The van der Waals surface area contributed by atoms with E-state index in [0.29, 0.717) is 6.04 Å². The number of hydrogen-bond acceptors (Lipinski definition) is 2. The first-order valence-corrected chi connectivity index (χ1v) is 6.60. The number of aryl methyl sites for hydroxylation is 2. The Hall–Kier alpha value is -1.83. The van der Waals surface area contributed by atoms with Gasteiger partial charge in [0.1, 0.15) is 0 Å². The largest absolute Gasteiger partial charge is 0.377 e. The molecule has 1 unspecified atom stereocenters. The number of pyridine rings is 1. The molecule has 3 rings (SSSR count). The molecule has 92 valence electrons. The van der Waals surface area contributed by atoms with Crippen LogP contribution in [0.2, 0.25) is 0 Å². The van der Waals surface area contributed by atoms with Crippen LogP contribution in [-0.2, 0) is 6.42 Å². The Morgan fingerprint density at radius 1 is 1.17 bits per heavy atom. The van der Waals surface area contributed by atoms with Gasteiger partial charge < -0.3 is 5.32 Å². The molecule has 1 aromatic heterocycles. The van der Waals surface area contributed by atoms with Crippen molar-refractivity contribution in [3.63, 3.8) is 0 Å². The fourth-order valence-corrected chi connectivity index (χ4v) is 2.60. The predicted molar refractivity (Wildman–Crippen MR) is 74.7 cm³/mol. The molecule has 2 nitrogen and oxygen atoms in total. The van der Waals surface area contributed by atoms with Gasteiger partial charge in [0, 0.05) is 11.9 Å². The van der Waals surface area contributed by atoms with Crippen LogP contribution >= 0.6 is 0 Å². The second-order valence-corrected chi connectivity index (χ2v) is 5.00. The number of nitrogens with one attached hydrogen (secondary N) is 1. The minimum atomic E-state index is 0.359. The number of hydrogen-bond donors (Lipinski definition) is 1. The molecule has 0 amide bonds. The van der Waals surface area contributed by atoms with Gasteiger partial charge in [-0.15, -0.1) is 0 Å². The summed E-state index contributed by atoms with van der Waals surface area (Å²) in [5.74, 6) is 0. The molecular formula is C16H18N2. The van der Waals surface area contributed by atoms with E-state index in [-0.39, 0.29) is 0 Å². The molecule has 1 N–H and O–H groups in total. The Morgan fingerprint density at radius 3 is 2.83 bits per heavy atom. The Bertz CT molecular complexity index is 531. The molecule has 0 saturated carbocycles. The van der Waals surface area contributed by atoms with Crippen molar-refractivity contribution in [3.05, 3.63) is 59.4 Å². The van der Waals surface area contributed by atoms with Crippen LogP contribution in [0.5, 0.6) is 0 Å². The number of benzene rings is 1. The number of anilines is 1. The van der Waals surface area contributed by atoms with E-state index in [2.05, 4.69) is 47.6 Å². The number of rotatable bonds is 2. The van der Waals surface area contributed by atoms with Crippen molar-refractivity contribution in [2.45, 2.75) is 32.2 Å². The Labute approximate surface area is 108 Å². The average Bonchev–Trinajstić information content (AvgIpc) is 2.42. The Kier molecular flexibility index (Phi) is 3.01. The Balaban J connectivity index is 1.84. The molecule has 18 heavy (non-hydrogen) atoms. The summed E-state index contributed by atoms with van der Waals surface area (Å²) in [5.41, 5.74) is 5.10. The molecule has 0 bridgehead atoms. The van der Waals surface area contributed by atoms with E-state index in [1.54, 1.807) is 0 Å². The first-order valence-electron chi connectivity index (χ1n) is 6.60. The lowest BCUT2D eigenvalue weighted by Gasteiger charge is -2.26. The quantitative estimate of drug-likeness (QED) is 0.858. The first-order chi connectivity index (χ1) is 8.83. The van der Waals surface area contributed by atoms with E-state index >= 15 is 0 Å². The van der Waals surface area contributed by atoms with E-state index in [1.165, 1.54) is 28.9 Å². The highest BCUT2D eigenvalue weighted by Gasteiger charge is 2.20. The summed E-state index contributed by atoms with van der Waals surface area (Å²) in [6.07, 6.45) is 5.46. The SMILES string of the molecule is Cc1ccc(NC2CCCc3cccnc32)cc1. The van der Waals surface area contributed by atoms with E-state index in [1.807, 2.05) is 12.3 Å². The van der Waals surface area contributed by atoms with Crippen molar-refractivity contribution in [1.29, 1.82) is 0 Å². The highest BCUT2D eigenvalue weighted by molar-refractivity contribution is 5.47. The van der Waals surface area contributed by atoms with Gasteiger partial charge in [0.2, 0.25) is 0 Å². The molecule has 0 spiro atoms. The van der Waals surface area contributed by atoms with E-state index < -0.39 is 0 Å². The highest BCUT2D eigenvalue weighted by Crippen LogP contribution is 2.30. The summed E-state index contributed by atoms with van der Waals surface area (Å²) in [5, 5.41) is 3.60. The molecule has 1 aliphatic carbocycles. The predicted octanol–water partition coefficient (Wildman–Crippen LogP) is 3.88. The third kappa shape index (κ3) is 2.23. The van der Waals surface area contributed by atoms with E-state index in [4.69, 9.17) is 0 Å². The number of nitrogens with zero attached hydrogens (tertiary/aromatic N) is 1. The summed E-state index contributed by atoms with van der Waals surface area (Å²) in [6, 6.07) is 13.2. The molecule has 0 saturated heterocycles. The maximum Gasteiger partial charge on any atom is 0.0688 e. The Morgan fingerprint density at radius 2 is 2.00 bits per heavy atom. The summed E-state index contributed by atoms with van der Waals surface area (Å²) >= 11 is 0. The van der Waals surface area contributed by atoms with Gasteiger partial charge in [-0.1, -0.05) is 23.8 Å². The molecule has 0 radical (unpaired) electrons. The molecule has 1 atom stereocenters. The zero-order valence-electron chi connectivity index (χ0n) is 10.7. The van der Waals surface area contributed by atoms with Crippen molar-refractivity contribution in [2.75, 3.05) is 5.32 Å². The van der Waals surface area contributed by atoms with Crippen LogP contribution in [0, 0.1) is 6.92 Å². The normalized spacial score (nSPS) is 18.2. The van der Waals surface area contributed by atoms with Gasteiger partial charge in [0.25, 0.3) is 0 Å². The first kappa shape index (κ1) is 11.3. The van der Waals surface area contributed by atoms with Gasteiger partial charge in [-0.3, -0.25) is 4.98 Å². The summed E-state index contributed by atoms with van der Waals surface area (Å²) in [7, 11) is 0. The lowest BCUT2D eigenvalue weighted by Crippen LogP contribution is -2.18. The number of fused-ring (bicyclic) bond motifs is 1. The standard InChI is InChI=1S/C16H18N2/c1-12-7-9-14(10-8-12)18-15-6-2-4-13-5-3-11-17-16(13)15/h3,5,7-11,15,18H,2,4,6H2,1H3. The topological polar surface area (TPSA) is 24.9 Å². The third-order valence-electron chi connectivity index (χ3n) is 3.59. The van der Waals surface area contributed by atoms with Gasteiger partial charge in [-0.2, -0.15) is 0 Å². The lowest BCUT2D eigenvalue weighted by molar-refractivity contribution is 0.583. The highest BCUT2D eigenvalue weighted by atomic mass is 14.9. The van der Waals surface area contributed by atoms with Crippen LogP contribution in [0.25, 0.3) is 0 Å². The molecule has 1 aliphatic rings. The van der Waals surface area contributed by atoms with Gasteiger partial charge in [0.05, 0.1) is 11.7 Å². The zero-order valence-corrected chi connectivity index (χ0v) is 10.7. The maximum atomic E-state index is 4.55. The van der Waals surface area contributed by atoms with E-state index in [0.717, 1.165) is 12.8 Å². The molecule has 1 aromatic carbocycles. The third-order valence-corrected chi connectivity index (χ3v) is 3.59. The second kappa shape index (κ2) is 4.81. The maximum absolute atomic E-state index is 4.55. The summed E-state index contributed by atoms with van der Waals surface area (Å²) in [6.45, 7) is 2.11. The zero-order chi connectivity index (χ0) is 12.4. The van der Waals surface area contributed by atoms with Gasteiger partial charge in [-0.05, 0) is 49.9 Å².